The highest BCUT2D eigenvalue weighted by molar-refractivity contribution is 6.32. The molecule has 0 aromatic heterocycles. The first-order valence-corrected chi connectivity index (χ1v) is 7.86. The zero-order chi connectivity index (χ0) is 14.7. The highest BCUT2D eigenvalue weighted by atomic mass is 35.5. The Hall–Kier alpha value is -1.22. The van der Waals surface area contributed by atoms with Gasteiger partial charge in [-0.2, -0.15) is 0 Å². The van der Waals surface area contributed by atoms with E-state index in [1.807, 2.05) is 36.4 Å². The number of nitrogens with one attached hydrogen (secondary N) is 1. The second-order valence-electron chi connectivity index (χ2n) is 5.30. The Morgan fingerprint density at radius 3 is 2.67 bits per heavy atom. The van der Waals surface area contributed by atoms with Gasteiger partial charge in [0.2, 0.25) is 0 Å². The zero-order valence-corrected chi connectivity index (χ0v) is 13.1. The van der Waals surface area contributed by atoms with Gasteiger partial charge in [0, 0.05) is 23.2 Å². The molecule has 0 spiro atoms. The number of ether oxygens (including phenoxy) is 1. The van der Waals surface area contributed by atoms with E-state index in [4.69, 9.17) is 27.9 Å². The molecule has 0 atom stereocenters. The van der Waals surface area contributed by atoms with Gasteiger partial charge in [-0.1, -0.05) is 47.5 Å². The smallest absolute Gasteiger partial charge is 0.142 e. The van der Waals surface area contributed by atoms with E-state index < -0.39 is 0 Å². The summed E-state index contributed by atoms with van der Waals surface area (Å²) >= 11 is 12.3. The minimum Gasteiger partial charge on any atom is -0.487 e. The van der Waals surface area contributed by atoms with Gasteiger partial charge in [0.1, 0.15) is 12.4 Å². The molecule has 0 radical (unpaired) electrons. The van der Waals surface area contributed by atoms with Gasteiger partial charge in [0.15, 0.2) is 0 Å². The third kappa shape index (κ3) is 4.13. The molecule has 0 heterocycles. The van der Waals surface area contributed by atoms with Gasteiger partial charge in [0.25, 0.3) is 0 Å². The normalized spacial score (nSPS) is 14.2. The average molecular weight is 322 g/mol. The molecule has 0 unspecified atom stereocenters. The lowest BCUT2D eigenvalue weighted by molar-refractivity contribution is 0.302. The van der Waals surface area contributed by atoms with Crippen molar-refractivity contribution in [1.29, 1.82) is 0 Å². The van der Waals surface area contributed by atoms with Crippen LogP contribution in [0.3, 0.4) is 0 Å². The van der Waals surface area contributed by atoms with Crippen molar-refractivity contribution in [1.82, 2.24) is 5.32 Å². The van der Waals surface area contributed by atoms with Crippen LogP contribution in [0.25, 0.3) is 0 Å². The Morgan fingerprint density at radius 1 is 1.10 bits per heavy atom. The highest BCUT2D eigenvalue weighted by Crippen LogP contribution is 2.30. The molecule has 3 rings (SSSR count). The summed E-state index contributed by atoms with van der Waals surface area (Å²) in [5.41, 5.74) is 2.12. The van der Waals surface area contributed by atoms with Crippen molar-refractivity contribution in [2.75, 3.05) is 0 Å². The summed E-state index contributed by atoms with van der Waals surface area (Å²) in [7, 11) is 0. The van der Waals surface area contributed by atoms with Crippen molar-refractivity contribution in [2.24, 2.45) is 0 Å². The fraction of sp³-hybridized carbons (Fsp3) is 0.294. The van der Waals surface area contributed by atoms with E-state index in [-0.39, 0.29) is 0 Å². The molecule has 0 aliphatic heterocycles. The minimum absolute atomic E-state index is 0.459. The summed E-state index contributed by atoms with van der Waals surface area (Å²) in [6.07, 6.45) is 2.53. The number of benzene rings is 2. The molecule has 110 valence electrons. The first kappa shape index (κ1) is 14.7. The van der Waals surface area contributed by atoms with Crippen molar-refractivity contribution < 1.29 is 4.74 Å². The molecule has 2 aromatic rings. The predicted octanol–water partition coefficient (Wildman–Crippen LogP) is 4.82. The van der Waals surface area contributed by atoms with Gasteiger partial charge in [-0.15, -0.1) is 0 Å². The molecule has 0 saturated heterocycles. The van der Waals surface area contributed by atoms with Crippen LogP contribution in [0.2, 0.25) is 10.0 Å². The third-order valence-electron chi connectivity index (χ3n) is 3.48. The van der Waals surface area contributed by atoms with Crippen LogP contribution < -0.4 is 10.1 Å². The lowest BCUT2D eigenvalue weighted by Crippen LogP contribution is -2.16. The highest BCUT2D eigenvalue weighted by Gasteiger charge is 2.21. The zero-order valence-electron chi connectivity index (χ0n) is 11.6. The molecule has 2 nitrogen and oxygen atoms in total. The van der Waals surface area contributed by atoms with Crippen LogP contribution in [0.1, 0.15) is 24.0 Å². The number of hydrogen-bond acceptors (Lipinski definition) is 2. The van der Waals surface area contributed by atoms with Gasteiger partial charge >= 0.3 is 0 Å². The number of halogens is 2. The van der Waals surface area contributed by atoms with Crippen LogP contribution in [-0.2, 0) is 13.2 Å². The lowest BCUT2D eigenvalue weighted by atomic mass is 10.2. The van der Waals surface area contributed by atoms with Gasteiger partial charge in [-0.05, 0) is 36.6 Å². The number of hydrogen-bond donors (Lipinski definition) is 1. The second kappa shape index (κ2) is 6.69. The minimum atomic E-state index is 0.459. The summed E-state index contributed by atoms with van der Waals surface area (Å²) in [5, 5.41) is 4.85. The van der Waals surface area contributed by atoms with Crippen molar-refractivity contribution in [3.8, 4) is 5.75 Å². The Kier molecular flexibility index (Phi) is 4.69. The molecule has 1 aliphatic rings. The van der Waals surface area contributed by atoms with Gasteiger partial charge in [-0.3, -0.25) is 0 Å². The summed E-state index contributed by atoms with van der Waals surface area (Å²) in [4.78, 5) is 0. The number of rotatable bonds is 6. The molecule has 0 amide bonds. The van der Waals surface area contributed by atoms with Crippen LogP contribution in [0.5, 0.6) is 5.75 Å². The van der Waals surface area contributed by atoms with Crippen LogP contribution in [0.4, 0.5) is 0 Å². The van der Waals surface area contributed by atoms with Crippen LogP contribution in [0, 0.1) is 0 Å². The molecule has 21 heavy (non-hydrogen) atoms. The van der Waals surface area contributed by atoms with E-state index in [9.17, 15) is 0 Å². The molecule has 2 aromatic carbocycles. The summed E-state index contributed by atoms with van der Waals surface area (Å²) in [6, 6.07) is 14.2. The molecule has 1 N–H and O–H groups in total. The van der Waals surface area contributed by atoms with Crippen molar-refractivity contribution in [3.63, 3.8) is 0 Å². The van der Waals surface area contributed by atoms with E-state index in [1.165, 1.54) is 12.8 Å². The maximum absolute atomic E-state index is 6.28. The summed E-state index contributed by atoms with van der Waals surface area (Å²) in [6.45, 7) is 1.25. The summed E-state index contributed by atoms with van der Waals surface area (Å²) in [5.74, 6) is 0.757. The van der Waals surface area contributed by atoms with E-state index >= 15 is 0 Å². The molecule has 4 heteroatoms. The van der Waals surface area contributed by atoms with Crippen molar-refractivity contribution in [3.05, 3.63) is 63.6 Å². The largest absolute Gasteiger partial charge is 0.487 e. The van der Waals surface area contributed by atoms with Crippen LogP contribution in [0.15, 0.2) is 42.5 Å². The SMILES string of the molecule is Clc1cccc(COc2c(Cl)cccc2CNC2CC2)c1. The molecule has 1 saturated carbocycles. The Morgan fingerprint density at radius 2 is 1.90 bits per heavy atom. The lowest BCUT2D eigenvalue weighted by Gasteiger charge is -2.14. The van der Waals surface area contributed by atoms with E-state index in [0.29, 0.717) is 22.7 Å². The van der Waals surface area contributed by atoms with Gasteiger partial charge < -0.3 is 10.1 Å². The topological polar surface area (TPSA) is 21.3 Å². The average Bonchev–Trinajstić information content (AvgIpc) is 3.28. The van der Waals surface area contributed by atoms with Crippen molar-refractivity contribution in [2.45, 2.75) is 32.0 Å². The maximum Gasteiger partial charge on any atom is 0.142 e. The van der Waals surface area contributed by atoms with E-state index in [1.54, 1.807) is 0 Å². The first-order chi connectivity index (χ1) is 10.2. The fourth-order valence-electron chi connectivity index (χ4n) is 2.18. The maximum atomic E-state index is 6.28. The Labute approximate surface area is 135 Å². The molecular weight excluding hydrogens is 305 g/mol. The Bertz CT molecular complexity index is 626. The monoisotopic (exact) mass is 321 g/mol. The standard InChI is InChI=1S/C17H17Cl2NO/c18-14-5-1-3-12(9-14)11-21-17-13(4-2-6-16(17)19)10-20-15-7-8-15/h1-6,9,15,20H,7-8,10-11H2. The molecule has 0 bridgehead atoms. The molecule has 1 aliphatic carbocycles. The molecular formula is C17H17Cl2NO. The quantitative estimate of drug-likeness (QED) is 0.823. The first-order valence-electron chi connectivity index (χ1n) is 7.10. The third-order valence-corrected chi connectivity index (χ3v) is 4.01. The van der Waals surface area contributed by atoms with Gasteiger partial charge in [0.05, 0.1) is 5.02 Å². The van der Waals surface area contributed by atoms with Crippen LogP contribution >= 0.6 is 23.2 Å². The van der Waals surface area contributed by atoms with Gasteiger partial charge in [-0.25, -0.2) is 0 Å². The van der Waals surface area contributed by atoms with Crippen molar-refractivity contribution >= 4 is 23.2 Å². The summed E-state index contributed by atoms with van der Waals surface area (Å²) < 4.78 is 5.93. The second-order valence-corrected chi connectivity index (χ2v) is 6.15. The predicted molar refractivity (Wildman–Crippen MR) is 87.1 cm³/mol. The van der Waals surface area contributed by atoms with E-state index in [2.05, 4.69) is 11.4 Å². The number of para-hydroxylation sites is 1. The fourth-order valence-corrected chi connectivity index (χ4v) is 2.64. The molecule has 1 fully saturated rings. The van der Waals surface area contributed by atoms with Crippen LogP contribution in [-0.4, -0.2) is 6.04 Å². The Balaban J connectivity index is 1.70. The van der Waals surface area contributed by atoms with E-state index in [0.717, 1.165) is 23.4 Å².